The molecule has 0 saturated carbocycles. The summed E-state index contributed by atoms with van der Waals surface area (Å²) in [5.74, 6) is -2.55. The van der Waals surface area contributed by atoms with E-state index in [1.807, 2.05) is 0 Å². The number of benzene rings is 1. The zero-order valence-electron chi connectivity index (χ0n) is 18.3. The predicted molar refractivity (Wildman–Crippen MR) is 125 cm³/mol. The maximum atomic E-state index is 12.3. The fourth-order valence-electron chi connectivity index (χ4n) is 3.11. The molecule has 3 rings (SSSR count). The van der Waals surface area contributed by atoms with Crippen molar-refractivity contribution >= 4 is 47.5 Å². The molecule has 1 amide bonds. The number of aliphatic carboxylic acids is 2. The smallest absolute Gasteiger partial charge is 0.326 e. The Morgan fingerprint density at radius 3 is 2.49 bits per heavy atom. The third-order valence-electron chi connectivity index (χ3n) is 4.76. The van der Waals surface area contributed by atoms with Crippen molar-refractivity contribution in [2.75, 3.05) is 34.8 Å². The number of nitrogens with zero attached hydrogens (tertiary/aromatic N) is 1. The number of carboxylic acids is 2. The monoisotopic (exact) mass is 491 g/mol. The molecule has 0 fully saturated rings. The summed E-state index contributed by atoms with van der Waals surface area (Å²) in [4.78, 5) is 60.9. The van der Waals surface area contributed by atoms with E-state index in [-0.39, 0.29) is 36.9 Å². The van der Waals surface area contributed by atoms with Crippen LogP contribution in [0.3, 0.4) is 0 Å². The molecule has 188 valence electrons. The molecule has 0 radical (unpaired) electrons. The van der Waals surface area contributed by atoms with Crippen molar-refractivity contribution in [3.63, 3.8) is 0 Å². The third-order valence-corrected chi connectivity index (χ3v) is 4.76. The Labute approximate surface area is 197 Å². The Hall–Kier alpha value is -4.82. The number of carboxylic acid groups (broad SMARTS) is 3. The van der Waals surface area contributed by atoms with Gasteiger partial charge in [0.25, 0.3) is 17.9 Å². The molecule has 2 aromatic rings. The van der Waals surface area contributed by atoms with Crippen LogP contribution in [0.4, 0.5) is 23.1 Å². The molecule has 1 aromatic heterocycles. The van der Waals surface area contributed by atoms with E-state index in [1.165, 1.54) is 12.1 Å². The summed E-state index contributed by atoms with van der Waals surface area (Å²) in [6, 6.07) is 4.93. The van der Waals surface area contributed by atoms with Crippen molar-refractivity contribution in [2.45, 2.75) is 24.9 Å². The number of anilines is 4. The minimum Gasteiger partial charge on any atom is -0.483 e. The lowest BCUT2D eigenvalue weighted by Gasteiger charge is -2.27. The maximum absolute atomic E-state index is 12.3. The highest BCUT2D eigenvalue weighted by Gasteiger charge is 2.22. The van der Waals surface area contributed by atoms with E-state index < -0.39 is 29.4 Å². The fourth-order valence-corrected chi connectivity index (χ4v) is 3.11. The number of carbonyl (C=O) groups is 4. The van der Waals surface area contributed by atoms with Crippen LogP contribution in [-0.4, -0.2) is 74.8 Å². The summed E-state index contributed by atoms with van der Waals surface area (Å²) < 4.78 is 0. The minimum absolute atomic E-state index is 0.0281. The van der Waals surface area contributed by atoms with E-state index in [4.69, 9.17) is 25.8 Å². The number of aromatic amines is 1. The van der Waals surface area contributed by atoms with Gasteiger partial charge in [-0.15, -0.1) is 0 Å². The van der Waals surface area contributed by atoms with Crippen LogP contribution in [0.25, 0.3) is 0 Å². The SMILES string of the molecule is Nc1nc(=O)c2c([nH]1)NCC(CNc1ccc(C(=O)N[C@@H](CCC(=O)O)C(=O)O)cc1)N2.O=CO. The summed E-state index contributed by atoms with van der Waals surface area (Å²) >= 11 is 0. The molecule has 2 atom stereocenters. The van der Waals surface area contributed by atoms with Gasteiger partial charge < -0.3 is 47.3 Å². The fraction of sp³-hybridized carbons (Fsp3) is 0.300. The lowest BCUT2D eigenvalue weighted by Crippen LogP contribution is -2.41. The van der Waals surface area contributed by atoms with Crippen LogP contribution in [0, 0.1) is 0 Å². The average molecular weight is 491 g/mol. The zero-order valence-corrected chi connectivity index (χ0v) is 18.3. The molecule has 0 aliphatic carbocycles. The van der Waals surface area contributed by atoms with Gasteiger partial charge in [0.15, 0.2) is 0 Å². The highest BCUT2D eigenvalue weighted by molar-refractivity contribution is 5.96. The van der Waals surface area contributed by atoms with E-state index in [2.05, 4.69) is 31.2 Å². The summed E-state index contributed by atoms with van der Waals surface area (Å²) in [6.07, 6.45) is -0.587. The molecule has 15 heteroatoms. The third kappa shape index (κ3) is 7.92. The second-order valence-electron chi connectivity index (χ2n) is 7.26. The van der Waals surface area contributed by atoms with Crippen molar-refractivity contribution in [3.05, 3.63) is 40.2 Å². The molecule has 0 bridgehead atoms. The Bertz CT molecular complexity index is 1120. The van der Waals surface area contributed by atoms with Crippen LogP contribution < -0.4 is 32.6 Å². The number of H-pyrrole nitrogens is 1. The van der Waals surface area contributed by atoms with E-state index in [1.54, 1.807) is 12.1 Å². The first-order valence-corrected chi connectivity index (χ1v) is 10.2. The first-order valence-electron chi connectivity index (χ1n) is 10.2. The number of fused-ring (bicyclic) bond motifs is 1. The predicted octanol–water partition coefficient (Wildman–Crippen LogP) is -0.581. The molecular weight excluding hydrogens is 466 g/mol. The summed E-state index contributed by atoms with van der Waals surface area (Å²) in [7, 11) is 0. The number of nitrogens with one attached hydrogen (secondary N) is 5. The number of hydrogen-bond donors (Lipinski definition) is 9. The largest absolute Gasteiger partial charge is 0.483 e. The lowest BCUT2D eigenvalue weighted by atomic mass is 10.1. The number of hydrogen-bond acceptors (Lipinski definition) is 10. The van der Waals surface area contributed by atoms with Crippen LogP contribution in [0.2, 0.25) is 0 Å². The Morgan fingerprint density at radius 2 is 1.89 bits per heavy atom. The van der Waals surface area contributed by atoms with Gasteiger partial charge in [-0.1, -0.05) is 0 Å². The Balaban J connectivity index is 0.00000137. The maximum Gasteiger partial charge on any atom is 0.326 e. The molecule has 0 spiro atoms. The van der Waals surface area contributed by atoms with E-state index >= 15 is 0 Å². The second kappa shape index (κ2) is 12.4. The number of aromatic nitrogens is 2. The second-order valence-corrected chi connectivity index (χ2v) is 7.26. The lowest BCUT2D eigenvalue weighted by molar-refractivity contribution is -0.140. The van der Waals surface area contributed by atoms with Crippen molar-refractivity contribution in [3.8, 4) is 0 Å². The topological polar surface area (TPSA) is 249 Å². The molecule has 2 heterocycles. The first kappa shape index (κ1) is 26.4. The van der Waals surface area contributed by atoms with Gasteiger partial charge in [-0.05, 0) is 30.7 Å². The summed E-state index contributed by atoms with van der Waals surface area (Å²) in [5, 5.41) is 36.4. The van der Waals surface area contributed by atoms with Gasteiger partial charge in [0.2, 0.25) is 5.95 Å². The normalized spacial score (nSPS) is 14.5. The molecule has 35 heavy (non-hydrogen) atoms. The van der Waals surface area contributed by atoms with E-state index in [0.29, 0.717) is 30.3 Å². The standard InChI is InChI=1S/C19H23N7O6.CH2O2/c20-19-25-15-14(17(30)26-19)23-11(8-22-15)7-21-10-3-1-9(2-4-10)16(29)24-12(18(31)32)5-6-13(27)28;2-1-3/h1-4,11-12,21,23H,5-8H2,(H,24,29)(H,27,28)(H,31,32)(H4,20,22,25,26,30);1H,(H,2,3)/t11?,12-;/m0./s1. The van der Waals surface area contributed by atoms with Crippen LogP contribution in [-0.2, 0) is 14.4 Å². The Morgan fingerprint density at radius 1 is 1.23 bits per heavy atom. The van der Waals surface area contributed by atoms with Crippen LogP contribution in [0.15, 0.2) is 29.1 Å². The molecular formula is C20H25N7O8. The first-order chi connectivity index (χ1) is 16.6. The number of amides is 1. The minimum atomic E-state index is -1.30. The van der Waals surface area contributed by atoms with Crippen LogP contribution >= 0.6 is 0 Å². The van der Waals surface area contributed by atoms with Crippen LogP contribution in [0.5, 0.6) is 0 Å². The number of nitrogen functional groups attached to an aromatic ring is 1. The number of nitrogens with two attached hydrogens (primary N) is 1. The molecule has 0 saturated heterocycles. The van der Waals surface area contributed by atoms with E-state index in [0.717, 1.165) is 0 Å². The van der Waals surface area contributed by atoms with Gasteiger partial charge in [-0.25, -0.2) is 4.79 Å². The molecule has 1 aliphatic rings. The molecule has 1 aliphatic heterocycles. The number of carbonyl (C=O) groups excluding carboxylic acids is 1. The van der Waals surface area contributed by atoms with Crippen LogP contribution in [0.1, 0.15) is 23.2 Å². The van der Waals surface area contributed by atoms with Gasteiger partial charge in [0.1, 0.15) is 17.5 Å². The van der Waals surface area contributed by atoms with Crippen molar-refractivity contribution < 1.29 is 34.5 Å². The number of rotatable bonds is 9. The van der Waals surface area contributed by atoms with Gasteiger partial charge >= 0.3 is 11.9 Å². The summed E-state index contributed by atoms with van der Waals surface area (Å²) in [6.45, 7) is 0.727. The highest BCUT2D eigenvalue weighted by Crippen LogP contribution is 2.20. The van der Waals surface area contributed by atoms with E-state index in [9.17, 15) is 19.2 Å². The quantitative estimate of drug-likeness (QED) is 0.199. The molecule has 15 nitrogen and oxygen atoms in total. The van der Waals surface area contributed by atoms with Gasteiger partial charge in [-0.2, -0.15) is 4.98 Å². The molecule has 1 aromatic carbocycles. The van der Waals surface area contributed by atoms with Gasteiger partial charge in [-0.3, -0.25) is 19.2 Å². The molecule has 1 unspecified atom stereocenters. The zero-order chi connectivity index (χ0) is 26.0. The average Bonchev–Trinajstić information content (AvgIpc) is 2.81. The van der Waals surface area contributed by atoms with Crippen molar-refractivity contribution in [2.24, 2.45) is 0 Å². The van der Waals surface area contributed by atoms with Crippen molar-refractivity contribution in [1.82, 2.24) is 15.3 Å². The van der Waals surface area contributed by atoms with Crippen molar-refractivity contribution in [1.29, 1.82) is 0 Å². The van der Waals surface area contributed by atoms with Gasteiger partial charge in [0, 0.05) is 30.8 Å². The Kier molecular flexibility index (Phi) is 9.39. The summed E-state index contributed by atoms with van der Waals surface area (Å²) in [5.41, 5.74) is 6.31. The molecule has 10 N–H and O–H groups in total. The highest BCUT2D eigenvalue weighted by atomic mass is 16.4. The van der Waals surface area contributed by atoms with Gasteiger partial charge in [0.05, 0.1) is 6.04 Å².